The molecule has 0 unspecified atom stereocenters. The Bertz CT molecular complexity index is 973. The molecule has 1 N–H and O–H groups in total. The van der Waals surface area contributed by atoms with Crippen molar-refractivity contribution in [2.75, 3.05) is 11.9 Å². The van der Waals surface area contributed by atoms with Crippen LogP contribution in [-0.4, -0.2) is 22.5 Å². The Morgan fingerprint density at radius 2 is 2.25 bits per heavy atom. The second-order valence-electron chi connectivity index (χ2n) is 5.17. The number of benzene rings is 1. The number of halogens is 1. The van der Waals surface area contributed by atoms with Gasteiger partial charge in [0.05, 0.1) is 9.98 Å². The van der Waals surface area contributed by atoms with E-state index in [1.165, 1.54) is 27.0 Å². The molecule has 0 radical (unpaired) electrons. The third kappa shape index (κ3) is 3.02. The zero-order valence-corrected chi connectivity index (χ0v) is 15.6. The Balaban J connectivity index is 1.50. The van der Waals surface area contributed by atoms with E-state index in [0.29, 0.717) is 11.7 Å². The minimum Gasteiger partial charge on any atom is -0.297 e. The van der Waals surface area contributed by atoms with Crippen molar-refractivity contribution in [3.05, 3.63) is 63.5 Å². The van der Waals surface area contributed by atoms with Gasteiger partial charge in [0.2, 0.25) is 0 Å². The van der Waals surface area contributed by atoms with Crippen LogP contribution in [0.5, 0.6) is 0 Å². The van der Waals surface area contributed by atoms with E-state index in [-0.39, 0.29) is 6.03 Å². The number of anilines is 1. The van der Waals surface area contributed by atoms with Gasteiger partial charge in [0, 0.05) is 17.4 Å². The lowest BCUT2D eigenvalue weighted by Gasteiger charge is -2.21. The molecule has 0 fully saturated rings. The molecule has 0 aliphatic carbocycles. The van der Waals surface area contributed by atoms with Gasteiger partial charge in [-0.1, -0.05) is 35.6 Å². The molecule has 1 aromatic carbocycles. The molecule has 7 heteroatoms. The van der Waals surface area contributed by atoms with Gasteiger partial charge >= 0.3 is 6.03 Å². The van der Waals surface area contributed by atoms with Gasteiger partial charge in [-0.2, -0.15) is 0 Å². The molecule has 4 nitrogen and oxygen atoms in total. The summed E-state index contributed by atoms with van der Waals surface area (Å²) in [6.07, 6.45) is 7.55. The van der Waals surface area contributed by atoms with Crippen LogP contribution in [0.15, 0.2) is 58.0 Å². The fourth-order valence-electron chi connectivity index (χ4n) is 2.54. The third-order valence-electron chi connectivity index (χ3n) is 3.68. The molecule has 3 heterocycles. The maximum atomic E-state index is 12.3. The first-order chi connectivity index (χ1) is 11.7. The molecule has 24 heavy (non-hydrogen) atoms. The predicted molar refractivity (Wildman–Crippen MR) is 104 cm³/mol. The Morgan fingerprint density at radius 3 is 3.00 bits per heavy atom. The van der Waals surface area contributed by atoms with E-state index in [1.807, 2.05) is 12.3 Å². The predicted octanol–water partition coefficient (Wildman–Crippen LogP) is 5.57. The highest BCUT2D eigenvalue weighted by atomic mass is 79.9. The van der Waals surface area contributed by atoms with Gasteiger partial charge in [0.15, 0.2) is 5.13 Å². The Kier molecular flexibility index (Phi) is 4.22. The summed E-state index contributed by atoms with van der Waals surface area (Å²) in [7, 11) is 0. The lowest BCUT2D eigenvalue weighted by Crippen LogP contribution is -2.31. The molecule has 1 aliphatic heterocycles. The van der Waals surface area contributed by atoms with E-state index in [2.05, 4.69) is 62.0 Å². The normalized spacial score (nSPS) is 14.0. The molecule has 3 aromatic rings. The van der Waals surface area contributed by atoms with E-state index in [1.54, 1.807) is 22.4 Å². The molecule has 0 saturated heterocycles. The monoisotopic (exact) mass is 417 g/mol. The molecule has 0 saturated carbocycles. The van der Waals surface area contributed by atoms with Crippen molar-refractivity contribution in [3.63, 3.8) is 0 Å². The number of urea groups is 1. The summed E-state index contributed by atoms with van der Waals surface area (Å²) in [6, 6.07) is 8.25. The van der Waals surface area contributed by atoms with Crippen molar-refractivity contribution in [2.24, 2.45) is 0 Å². The Labute approximate surface area is 155 Å². The highest BCUT2D eigenvalue weighted by Gasteiger charge is 2.16. The average Bonchev–Trinajstić information content (AvgIpc) is 3.23. The van der Waals surface area contributed by atoms with Gasteiger partial charge in [0.1, 0.15) is 0 Å². The summed E-state index contributed by atoms with van der Waals surface area (Å²) in [4.78, 5) is 18.0. The number of carbonyl (C=O) groups excluding carboxylic acids is 1. The fraction of sp³-hybridized carbons (Fsp3) is 0.0588. The zero-order chi connectivity index (χ0) is 16.5. The number of thiophene rings is 1. The fourth-order valence-corrected chi connectivity index (χ4v) is 4.57. The first-order valence-electron chi connectivity index (χ1n) is 7.24. The standard InChI is InChI=1S/C17H12BrN3OS2/c18-14-10-19-16(24-14)20-17(22)21-7-4-11(5-8-21)13-3-1-2-12-6-9-23-15(12)13/h1-7,9-10H,8H2,(H,19,20,22). The lowest BCUT2D eigenvalue weighted by molar-refractivity contribution is 0.231. The number of carbonyl (C=O) groups is 1. The van der Waals surface area contributed by atoms with Crippen LogP contribution in [-0.2, 0) is 0 Å². The van der Waals surface area contributed by atoms with Gasteiger partial charge in [-0.05, 0) is 50.0 Å². The molecule has 120 valence electrons. The number of allylic oxidation sites excluding steroid dienone is 2. The van der Waals surface area contributed by atoms with Gasteiger partial charge in [-0.3, -0.25) is 10.2 Å². The Hall–Kier alpha value is -1.96. The molecule has 0 atom stereocenters. The summed E-state index contributed by atoms with van der Waals surface area (Å²) < 4.78 is 2.16. The quantitative estimate of drug-likeness (QED) is 0.592. The molecule has 4 rings (SSSR count). The summed E-state index contributed by atoms with van der Waals surface area (Å²) >= 11 is 6.47. The number of amides is 2. The van der Waals surface area contributed by atoms with Crippen molar-refractivity contribution in [1.82, 2.24) is 9.88 Å². The number of rotatable bonds is 2. The van der Waals surface area contributed by atoms with Crippen molar-refractivity contribution in [2.45, 2.75) is 0 Å². The number of nitrogens with one attached hydrogen (secondary N) is 1. The topological polar surface area (TPSA) is 45.2 Å². The maximum Gasteiger partial charge on any atom is 0.327 e. The highest BCUT2D eigenvalue weighted by Crippen LogP contribution is 2.31. The van der Waals surface area contributed by atoms with Crippen LogP contribution in [0, 0.1) is 0 Å². The van der Waals surface area contributed by atoms with Crippen LogP contribution in [0.2, 0.25) is 0 Å². The Morgan fingerprint density at radius 1 is 1.33 bits per heavy atom. The van der Waals surface area contributed by atoms with Gasteiger partial charge in [-0.15, -0.1) is 11.3 Å². The van der Waals surface area contributed by atoms with E-state index in [9.17, 15) is 4.79 Å². The molecule has 0 spiro atoms. The highest BCUT2D eigenvalue weighted by molar-refractivity contribution is 9.11. The van der Waals surface area contributed by atoms with Crippen LogP contribution in [0.4, 0.5) is 9.93 Å². The van der Waals surface area contributed by atoms with Crippen molar-refractivity contribution in [3.8, 4) is 0 Å². The first-order valence-corrected chi connectivity index (χ1v) is 9.73. The molecular weight excluding hydrogens is 406 g/mol. The summed E-state index contributed by atoms with van der Waals surface area (Å²) in [5.74, 6) is 0. The second kappa shape index (κ2) is 6.51. The number of hydrogen-bond donors (Lipinski definition) is 1. The van der Waals surface area contributed by atoms with Crippen LogP contribution in [0.3, 0.4) is 0 Å². The molecule has 0 bridgehead atoms. The van der Waals surface area contributed by atoms with Crippen LogP contribution in [0.1, 0.15) is 5.56 Å². The first kappa shape index (κ1) is 15.6. The lowest BCUT2D eigenvalue weighted by atomic mass is 10.0. The largest absolute Gasteiger partial charge is 0.327 e. The minimum atomic E-state index is -0.183. The number of aromatic nitrogens is 1. The van der Waals surface area contributed by atoms with Crippen LogP contribution < -0.4 is 5.32 Å². The maximum absolute atomic E-state index is 12.3. The number of thiazole rings is 1. The summed E-state index contributed by atoms with van der Waals surface area (Å²) in [6.45, 7) is 0.534. The molecule has 2 amide bonds. The average molecular weight is 418 g/mol. The smallest absolute Gasteiger partial charge is 0.297 e. The summed E-state index contributed by atoms with van der Waals surface area (Å²) in [5, 5.41) is 6.74. The minimum absolute atomic E-state index is 0.183. The van der Waals surface area contributed by atoms with Crippen molar-refractivity contribution >= 4 is 65.4 Å². The SMILES string of the molecule is O=C(Nc1ncc(Br)s1)N1C=CC(c2cccc3ccsc23)=CC1. The van der Waals surface area contributed by atoms with E-state index in [0.717, 1.165) is 9.36 Å². The van der Waals surface area contributed by atoms with Crippen LogP contribution in [0.25, 0.3) is 15.7 Å². The summed E-state index contributed by atoms with van der Waals surface area (Å²) in [5.41, 5.74) is 2.35. The second-order valence-corrected chi connectivity index (χ2v) is 8.50. The third-order valence-corrected chi connectivity index (χ3v) is 6.04. The van der Waals surface area contributed by atoms with E-state index < -0.39 is 0 Å². The zero-order valence-electron chi connectivity index (χ0n) is 12.4. The van der Waals surface area contributed by atoms with E-state index >= 15 is 0 Å². The molecule has 2 aromatic heterocycles. The van der Waals surface area contributed by atoms with Crippen molar-refractivity contribution in [1.29, 1.82) is 0 Å². The van der Waals surface area contributed by atoms with Gasteiger partial charge < -0.3 is 0 Å². The van der Waals surface area contributed by atoms with Crippen molar-refractivity contribution < 1.29 is 4.79 Å². The van der Waals surface area contributed by atoms with Gasteiger partial charge in [0.25, 0.3) is 0 Å². The van der Waals surface area contributed by atoms with Gasteiger partial charge in [-0.25, -0.2) is 9.78 Å². The molecule has 1 aliphatic rings. The van der Waals surface area contributed by atoms with E-state index in [4.69, 9.17) is 0 Å². The van der Waals surface area contributed by atoms with Crippen LogP contribution >= 0.6 is 38.6 Å². The number of fused-ring (bicyclic) bond motifs is 1. The molecular formula is C17H12BrN3OS2. The number of hydrogen-bond acceptors (Lipinski definition) is 4. The number of nitrogens with zero attached hydrogens (tertiary/aromatic N) is 2.